The second-order valence-electron chi connectivity index (χ2n) is 5.75. The van der Waals surface area contributed by atoms with Crippen LogP contribution in [-0.4, -0.2) is 34.0 Å². The molecular weight excluding hydrogens is 294 g/mol. The van der Waals surface area contributed by atoms with Gasteiger partial charge in [0, 0.05) is 12.7 Å². The summed E-state index contributed by atoms with van der Waals surface area (Å²) in [4.78, 5) is 10.4. The standard InChI is InChI=1S/C17H21N3O3/c21-17(22)12-23-16-5-1-13(2-6-16)7-9-18-11-15-8-10-19-20(15)14-3-4-14/h1-2,5-6,8,10,14,18H,3-4,7,9,11-12H2,(H,21,22). The van der Waals surface area contributed by atoms with Crippen molar-refractivity contribution >= 4 is 5.97 Å². The van der Waals surface area contributed by atoms with Crippen LogP contribution >= 0.6 is 0 Å². The maximum atomic E-state index is 10.4. The monoisotopic (exact) mass is 315 g/mol. The zero-order chi connectivity index (χ0) is 16.1. The van der Waals surface area contributed by atoms with E-state index in [0.29, 0.717) is 11.8 Å². The van der Waals surface area contributed by atoms with Gasteiger partial charge in [-0.2, -0.15) is 5.10 Å². The first-order valence-corrected chi connectivity index (χ1v) is 7.89. The highest BCUT2D eigenvalue weighted by molar-refractivity contribution is 5.68. The summed E-state index contributed by atoms with van der Waals surface area (Å²) < 4.78 is 7.24. The maximum absolute atomic E-state index is 10.4. The first kappa shape index (κ1) is 15.6. The Balaban J connectivity index is 1.40. The van der Waals surface area contributed by atoms with E-state index in [4.69, 9.17) is 9.84 Å². The number of rotatable bonds is 9. The van der Waals surface area contributed by atoms with E-state index >= 15 is 0 Å². The Morgan fingerprint density at radius 3 is 2.78 bits per heavy atom. The Morgan fingerprint density at radius 1 is 1.30 bits per heavy atom. The number of carboxylic acid groups (broad SMARTS) is 1. The number of hydrogen-bond acceptors (Lipinski definition) is 4. The SMILES string of the molecule is O=C(O)COc1ccc(CCNCc2ccnn2C2CC2)cc1. The van der Waals surface area contributed by atoms with Crippen molar-refractivity contribution in [3.05, 3.63) is 47.8 Å². The molecule has 1 aliphatic rings. The van der Waals surface area contributed by atoms with Crippen LogP contribution in [0.25, 0.3) is 0 Å². The predicted octanol–water partition coefficient (Wildman–Crippen LogP) is 2.01. The molecule has 3 rings (SSSR count). The summed E-state index contributed by atoms with van der Waals surface area (Å²) >= 11 is 0. The van der Waals surface area contributed by atoms with Crippen molar-refractivity contribution in [2.75, 3.05) is 13.2 Å². The second kappa shape index (κ2) is 7.28. The number of carboxylic acids is 1. The molecule has 1 aliphatic carbocycles. The van der Waals surface area contributed by atoms with Gasteiger partial charge in [0.2, 0.25) is 0 Å². The van der Waals surface area contributed by atoms with Gasteiger partial charge in [0.15, 0.2) is 6.61 Å². The van der Waals surface area contributed by atoms with Crippen LogP contribution in [0.4, 0.5) is 0 Å². The molecule has 1 heterocycles. The van der Waals surface area contributed by atoms with Crippen molar-refractivity contribution in [3.63, 3.8) is 0 Å². The van der Waals surface area contributed by atoms with E-state index in [1.807, 2.05) is 18.3 Å². The molecule has 0 amide bonds. The van der Waals surface area contributed by atoms with Crippen LogP contribution in [0.15, 0.2) is 36.5 Å². The molecule has 0 spiro atoms. The van der Waals surface area contributed by atoms with Crippen molar-refractivity contribution in [2.24, 2.45) is 0 Å². The molecular formula is C17H21N3O3. The number of hydrogen-bond donors (Lipinski definition) is 2. The van der Waals surface area contributed by atoms with Gasteiger partial charge in [0.05, 0.1) is 11.7 Å². The summed E-state index contributed by atoms with van der Waals surface area (Å²) in [7, 11) is 0. The van der Waals surface area contributed by atoms with Gasteiger partial charge in [-0.1, -0.05) is 12.1 Å². The van der Waals surface area contributed by atoms with E-state index in [1.165, 1.54) is 24.1 Å². The van der Waals surface area contributed by atoms with Crippen LogP contribution in [0.2, 0.25) is 0 Å². The molecule has 0 radical (unpaired) electrons. The third-order valence-electron chi connectivity index (χ3n) is 3.83. The van der Waals surface area contributed by atoms with Crippen LogP contribution in [0.3, 0.4) is 0 Å². The minimum Gasteiger partial charge on any atom is -0.482 e. The van der Waals surface area contributed by atoms with Crippen LogP contribution < -0.4 is 10.1 Å². The summed E-state index contributed by atoms with van der Waals surface area (Å²) in [6.45, 7) is 1.40. The summed E-state index contributed by atoms with van der Waals surface area (Å²) in [6.07, 6.45) is 5.26. The Labute approximate surface area is 135 Å². The number of aliphatic carboxylic acids is 1. The average molecular weight is 315 g/mol. The van der Waals surface area contributed by atoms with E-state index in [2.05, 4.69) is 21.2 Å². The van der Waals surface area contributed by atoms with Gasteiger partial charge in [0.1, 0.15) is 5.75 Å². The van der Waals surface area contributed by atoms with Crippen LogP contribution in [0, 0.1) is 0 Å². The minimum atomic E-state index is -0.969. The number of benzene rings is 1. The molecule has 0 bridgehead atoms. The lowest BCUT2D eigenvalue weighted by Gasteiger charge is -2.08. The summed E-state index contributed by atoms with van der Waals surface area (Å²) in [6, 6.07) is 10.2. The van der Waals surface area contributed by atoms with Crippen molar-refractivity contribution < 1.29 is 14.6 Å². The highest BCUT2D eigenvalue weighted by Crippen LogP contribution is 2.34. The number of ether oxygens (including phenoxy) is 1. The Bertz CT molecular complexity index is 647. The fourth-order valence-electron chi connectivity index (χ4n) is 2.48. The van der Waals surface area contributed by atoms with Gasteiger partial charge in [-0.3, -0.25) is 4.68 Å². The number of nitrogens with one attached hydrogen (secondary N) is 1. The van der Waals surface area contributed by atoms with Crippen LogP contribution in [-0.2, 0) is 17.8 Å². The highest BCUT2D eigenvalue weighted by atomic mass is 16.5. The van der Waals surface area contributed by atoms with Gasteiger partial charge >= 0.3 is 5.97 Å². The van der Waals surface area contributed by atoms with Gasteiger partial charge in [-0.15, -0.1) is 0 Å². The molecule has 1 aromatic carbocycles. The van der Waals surface area contributed by atoms with Crippen molar-refractivity contribution in [3.8, 4) is 5.75 Å². The zero-order valence-corrected chi connectivity index (χ0v) is 12.9. The number of carbonyl (C=O) groups is 1. The van der Waals surface area contributed by atoms with Gasteiger partial charge in [-0.05, 0) is 49.6 Å². The summed E-state index contributed by atoms with van der Waals surface area (Å²) in [5, 5.41) is 16.4. The normalized spacial score (nSPS) is 13.9. The Hall–Kier alpha value is -2.34. The molecule has 0 atom stereocenters. The van der Waals surface area contributed by atoms with E-state index in [0.717, 1.165) is 19.5 Å². The lowest BCUT2D eigenvalue weighted by molar-refractivity contribution is -0.139. The topological polar surface area (TPSA) is 76.4 Å². The molecule has 1 fully saturated rings. The molecule has 23 heavy (non-hydrogen) atoms. The third kappa shape index (κ3) is 4.56. The first-order chi connectivity index (χ1) is 11.2. The average Bonchev–Trinajstić information content (AvgIpc) is 3.29. The molecule has 2 aromatic rings. The molecule has 122 valence electrons. The Morgan fingerprint density at radius 2 is 2.09 bits per heavy atom. The molecule has 0 saturated heterocycles. The molecule has 6 nitrogen and oxygen atoms in total. The fourth-order valence-corrected chi connectivity index (χ4v) is 2.48. The number of nitrogens with zero attached hydrogens (tertiary/aromatic N) is 2. The second-order valence-corrected chi connectivity index (χ2v) is 5.75. The van der Waals surface area contributed by atoms with Crippen molar-refractivity contribution in [1.29, 1.82) is 0 Å². The van der Waals surface area contributed by atoms with E-state index in [9.17, 15) is 4.79 Å². The van der Waals surface area contributed by atoms with Crippen molar-refractivity contribution in [1.82, 2.24) is 15.1 Å². The minimum absolute atomic E-state index is 0.310. The van der Waals surface area contributed by atoms with Crippen LogP contribution in [0.1, 0.15) is 30.1 Å². The smallest absolute Gasteiger partial charge is 0.341 e. The maximum Gasteiger partial charge on any atom is 0.341 e. The van der Waals surface area contributed by atoms with E-state index in [1.54, 1.807) is 12.1 Å². The van der Waals surface area contributed by atoms with E-state index < -0.39 is 5.97 Å². The zero-order valence-electron chi connectivity index (χ0n) is 12.9. The highest BCUT2D eigenvalue weighted by Gasteiger charge is 2.25. The third-order valence-corrected chi connectivity index (χ3v) is 3.83. The summed E-state index contributed by atoms with van der Waals surface area (Å²) in [5.41, 5.74) is 2.43. The molecule has 0 unspecified atom stereocenters. The molecule has 6 heteroatoms. The largest absolute Gasteiger partial charge is 0.482 e. The quantitative estimate of drug-likeness (QED) is 0.692. The van der Waals surface area contributed by atoms with Gasteiger partial charge in [-0.25, -0.2) is 4.79 Å². The van der Waals surface area contributed by atoms with Crippen LogP contribution in [0.5, 0.6) is 5.75 Å². The van der Waals surface area contributed by atoms with E-state index in [-0.39, 0.29) is 6.61 Å². The number of aromatic nitrogens is 2. The molecule has 1 saturated carbocycles. The lowest BCUT2D eigenvalue weighted by Crippen LogP contribution is -2.19. The van der Waals surface area contributed by atoms with Crippen molar-refractivity contribution in [2.45, 2.75) is 31.8 Å². The van der Waals surface area contributed by atoms with Gasteiger partial charge < -0.3 is 15.2 Å². The molecule has 0 aliphatic heterocycles. The lowest BCUT2D eigenvalue weighted by atomic mass is 10.1. The first-order valence-electron chi connectivity index (χ1n) is 7.89. The molecule has 2 N–H and O–H groups in total. The molecule has 1 aromatic heterocycles. The Kier molecular flexibility index (Phi) is 4.92. The fraction of sp³-hybridized carbons (Fsp3) is 0.412. The predicted molar refractivity (Wildman–Crippen MR) is 85.5 cm³/mol. The van der Waals surface area contributed by atoms with Gasteiger partial charge in [0.25, 0.3) is 0 Å². The summed E-state index contributed by atoms with van der Waals surface area (Å²) in [5.74, 6) is -0.388.